The van der Waals surface area contributed by atoms with Crippen molar-refractivity contribution in [3.05, 3.63) is 169 Å². The van der Waals surface area contributed by atoms with Gasteiger partial charge in [-0.2, -0.15) is 0 Å². The van der Waals surface area contributed by atoms with Crippen LogP contribution in [0.15, 0.2) is 157 Å². The lowest BCUT2D eigenvalue weighted by Gasteiger charge is -2.19. The SMILES string of the molecule is C=C/C=C(\C=C/CC)c1c2ccccc2c(-c2cccc3c(/C(=C/CC)N=C(C)c4ccccc4)cccc23)c2ccccc12. The number of allylic oxidation sites excluding steroid dienone is 6. The summed E-state index contributed by atoms with van der Waals surface area (Å²) >= 11 is 0. The Balaban J connectivity index is 1.65. The van der Waals surface area contributed by atoms with E-state index in [2.05, 4.69) is 161 Å². The number of benzene rings is 6. The molecule has 0 bridgehead atoms. The monoisotopic (exact) mass is 581 g/mol. The predicted molar refractivity (Wildman–Crippen MR) is 199 cm³/mol. The third kappa shape index (κ3) is 5.82. The van der Waals surface area contributed by atoms with E-state index in [-0.39, 0.29) is 0 Å². The van der Waals surface area contributed by atoms with Crippen LogP contribution in [0.25, 0.3) is 54.7 Å². The molecule has 0 amide bonds. The number of aliphatic imine (C=N–C) groups is 1. The Bertz CT molecular complexity index is 2080. The molecule has 6 rings (SSSR count). The van der Waals surface area contributed by atoms with Gasteiger partial charge in [-0.3, -0.25) is 4.99 Å². The first kappa shape index (κ1) is 29.8. The Labute approximate surface area is 267 Å². The summed E-state index contributed by atoms with van der Waals surface area (Å²) in [6, 6.07) is 41.5. The van der Waals surface area contributed by atoms with E-state index in [4.69, 9.17) is 4.99 Å². The zero-order valence-corrected chi connectivity index (χ0v) is 26.4. The van der Waals surface area contributed by atoms with Crippen molar-refractivity contribution < 1.29 is 0 Å². The van der Waals surface area contributed by atoms with Crippen LogP contribution in [0, 0.1) is 0 Å². The lowest BCUT2D eigenvalue weighted by Crippen LogP contribution is -1.96. The highest BCUT2D eigenvalue weighted by atomic mass is 14.8. The van der Waals surface area contributed by atoms with Gasteiger partial charge in [0.2, 0.25) is 0 Å². The third-order valence-corrected chi connectivity index (χ3v) is 8.40. The molecule has 45 heavy (non-hydrogen) atoms. The van der Waals surface area contributed by atoms with Crippen molar-refractivity contribution >= 4 is 49.3 Å². The molecule has 0 unspecified atom stereocenters. The molecular weight excluding hydrogens is 542 g/mol. The minimum Gasteiger partial charge on any atom is -0.253 e. The summed E-state index contributed by atoms with van der Waals surface area (Å²) in [6.45, 7) is 10.5. The van der Waals surface area contributed by atoms with E-state index in [9.17, 15) is 0 Å². The molecule has 0 saturated carbocycles. The summed E-state index contributed by atoms with van der Waals surface area (Å²) in [6.07, 6.45) is 12.6. The molecule has 1 nitrogen and oxygen atoms in total. The number of fused-ring (bicyclic) bond motifs is 3. The maximum Gasteiger partial charge on any atom is 0.0671 e. The lowest BCUT2D eigenvalue weighted by molar-refractivity contribution is 1.22. The van der Waals surface area contributed by atoms with Crippen molar-refractivity contribution in [2.75, 3.05) is 0 Å². The average Bonchev–Trinajstić information content (AvgIpc) is 3.09. The molecule has 1 heteroatoms. The van der Waals surface area contributed by atoms with E-state index >= 15 is 0 Å². The summed E-state index contributed by atoms with van der Waals surface area (Å²) in [5.74, 6) is 0. The average molecular weight is 582 g/mol. The molecule has 0 atom stereocenters. The molecule has 0 radical (unpaired) electrons. The van der Waals surface area contributed by atoms with Gasteiger partial charge in [-0.05, 0) is 79.9 Å². The summed E-state index contributed by atoms with van der Waals surface area (Å²) < 4.78 is 0. The number of rotatable bonds is 9. The number of nitrogens with zero attached hydrogens (tertiary/aromatic N) is 1. The van der Waals surface area contributed by atoms with Gasteiger partial charge in [0.05, 0.1) is 5.70 Å². The zero-order chi connectivity index (χ0) is 31.2. The normalized spacial score (nSPS) is 12.9. The second-order valence-corrected chi connectivity index (χ2v) is 11.3. The smallest absolute Gasteiger partial charge is 0.0671 e. The minimum absolute atomic E-state index is 0.904. The van der Waals surface area contributed by atoms with Crippen molar-refractivity contribution in [1.29, 1.82) is 0 Å². The van der Waals surface area contributed by atoms with Gasteiger partial charge < -0.3 is 0 Å². The molecule has 0 aliphatic rings. The van der Waals surface area contributed by atoms with Crippen LogP contribution >= 0.6 is 0 Å². The standard InChI is InChI=1S/C44H39N/c1-5-8-20-33(18-6-2)43-38-23-12-14-25-40(38)44(41-26-15-13-24-39(41)43)37-30-17-27-34-35(37)28-16-29-36(34)42(19-7-3)45-31(4)32-21-10-9-11-22-32/h6,8-30H,2,5,7H2,1,3-4H3/b20-8-,33-18+,42-19-,45-31?. The Morgan fingerprint density at radius 3 is 1.89 bits per heavy atom. The molecule has 0 fully saturated rings. The van der Waals surface area contributed by atoms with Crippen LogP contribution in [0.5, 0.6) is 0 Å². The second kappa shape index (κ2) is 13.6. The fourth-order valence-corrected chi connectivity index (χ4v) is 6.41. The van der Waals surface area contributed by atoms with Crippen LogP contribution in [0.4, 0.5) is 0 Å². The quantitative estimate of drug-likeness (QED) is 0.0915. The first-order valence-electron chi connectivity index (χ1n) is 15.9. The van der Waals surface area contributed by atoms with E-state index in [0.717, 1.165) is 35.4 Å². The van der Waals surface area contributed by atoms with Gasteiger partial charge >= 0.3 is 0 Å². The molecule has 6 aromatic carbocycles. The first-order chi connectivity index (χ1) is 22.2. The van der Waals surface area contributed by atoms with E-state index < -0.39 is 0 Å². The third-order valence-electron chi connectivity index (χ3n) is 8.40. The fourth-order valence-electron chi connectivity index (χ4n) is 6.41. The molecule has 0 aromatic heterocycles. The maximum absolute atomic E-state index is 5.19. The van der Waals surface area contributed by atoms with Crippen LogP contribution in [0.1, 0.15) is 50.3 Å². The van der Waals surface area contributed by atoms with Crippen molar-refractivity contribution in [1.82, 2.24) is 0 Å². The van der Waals surface area contributed by atoms with Crippen molar-refractivity contribution in [3.8, 4) is 11.1 Å². The molecule has 0 heterocycles. The van der Waals surface area contributed by atoms with Crippen LogP contribution in [0.3, 0.4) is 0 Å². The Kier molecular flexibility index (Phi) is 8.99. The van der Waals surface area contributed by atoms with Gasteiger partial charge in [-0.25, -0.2) is 0 Å². The second-order valence-electron chi connectivity index (χ2n) is 11.3. The van der Waals surface area contributed by atoms with Gasteiger partial charge in [0.25, 0.3) is 0 Å². The molecule has 6 aromatic rings. The van der Waals surface area contributed by atoms with Gasteiger partial charge in [-0.15, -0.1) is 0 Å². The lowest BCUT2D eigenvalue weighted by atomic mass is 9.84. The summed E-state index contributed by atoms with van der Waals surface area (Å²) in [5.41, 5.74) is 9.21. The molecule has 0 aliphatic carbocycles. The Morgan fingerprint density at radius 1 is 0.644 bits per heavy atom. The molecule has 220 valence electrons. The van der Waals surface area contributed by atoms with E-state index in [1.165, 1.54) is 54.6 Å². The van der Waals surface area contributed by atoms with Gasteiger partial charge in [-0.1, -0.05) is 166 Å². The summed E-state index contributed by atoms with van der Waals surface area (Å²) in [5, 5.41) is 7.39. The fraction of sp³-hybridized carbons (Fsp3) is 0.114. The summed E-state index contributed by atoms with van der Waals surface area (Å²) in [7, 11) is 0. The van der Waals surface area contributed by atoms with Crippen molar-refractivity contribution in [2.24, 2.45) is 4.99 Å². The molecule has 0 saturated heterocycles. The van der Waals surface area contributed by atoms with E-state index in [0.29, 0.717) is 0 Å². The number of hydrogen-bond acceptors (Lipinski definition) is 1. The highest BCUT2D eigenvalue weighted by molar-refractivity contribution is 6.22. The van der Waals surface area contributed by atoms with Crippen LogP contribution < -0.4 is 0 Å². The van der Waals surface area contributed by atoms with Crippen LogP contribution in [0.2, 0.25) is 0 Å². The Morgan fingerprint density at radius 2 is 1.24 bits per heavy atom. The highest BCUT2D eigenvalue weighted by Gasteiger charge is 2.19. The predicted octanol–water partition coefficient (Wildman–Crippen LogP) is 12.6. The Hall–Kier alpha value is -5.27. The van der Waals surface area contributed by atoms with Crippen molar-refractivity contribution in [3.63, 3.8) is 0 Å². The first-order valence-corrected chi connectivity index (χ1v) is 15.9. The largest absolute Gasteiger partial charge is 0.253 e. The van der Waals surface area contributed by atoms with E-state index in [1.54, 1.807) is 0 Å². The molecule has 0 spiro atoms. The number of hydrogen-bond donors (Lipinski definition) is 0. The maximum atomic E-state index is 5.19. The van der Waals surface area contributed by atoms with Gasteiger partial charge in [0.1, 0.15) is 0 Å². The van der Waals surface area contributed by atoms with Crippen LogP contribution in [-0.4, -0.2) is 5.71 Å². The van der Waals surface area contributed by atoms with Gasteiger partial charge in [0.15, 0.2) is 0 Å². The minimum atomic E-state index is 0.904. The summed E-state index contributed by atoms with van der Waals surface area (Å²) in [4.78, 5) is 5.19. The highest BCUT2D eigenvalue weighted by Crippen LogP contribution is 2.44. The van der Waals surface area contributed by atoms with Gasteiger partial charge in [0, 0.05) is 11.3 Å². The van der Waals surface area contributed by atoms with Crippen LogP contribution in [-0.2, 0) is 0 Å². The van der Waals surface area contributed by atoms with E-state index in [1.807, 2.05) is 12.1 Å². The van der Waals surface area contributed by atoms with Crippen molar-refractivity contribution in [2.45, 2.75) is 33.6 Å². The topological polar surface area (TPSA) is 12.4 Å². The molecule has 0 N–H and O–H groups in total. The molecule has 0 aliphatic heterocycles. The molecular formula is C44H39N. The zero-order valence-electron chi connectivity index (χ0n) is 26.4.